The number of aryl methyl sites for hydroxylation is 2. The van der Waals surface area contributed by atoms with Crippen molar-refractivity contribution in [1.82, 2.24) is 9.71 Å². The molecule has 0 unspecified atom stereocenters. The molecular weight excluding hydrogens is 320 g/mol. The highest BCUT2D eigenvalue weighted by atomic mass is 35.5. The lowest BCUT2D eigenvalue weighted by atomic mass is 10.0. The Morgan fingerprint density at radius 3 is 2.70 bits per heavy atom. The third-order valence-corrected chi connectivity index (χ3v) is 4.10. The molecule has 0 aliphatic rings. The van der Waals surface area contributed by atoms with Crippen LogP contribution in [0.15, 0.2) is 23.0 Å². The molecule has 0 aliphatic heterocycles. The van der Waals surface area contributed by atoms with Crippen LogP contribution in [0.4, 0.5) is 0 Å². The van der Waals surface area contributed by atoms with Gasteiger partial charge in [0.05, 0.1) is 34.8 Å². The van der Waals surface area contributed by atoms with Crippen LogP contribution < -0.4 is 5.56 Å². The number of nitrogens with zero attached hydrogens (tertiary/aromatic N) is 2. The molecule has 3 rings (SSSR count). The zero-order chi connectivity index (χ0) is 16.9. The molecule has 0 saturated heterocycles. The van der Waals surface area contributed by atoms with Crippen molar-refractivity contribution in [3.05, 3.63) is 50.4 Å². The molecule has 2 aromatic heterocycles. The summed E-state index contributed by atoms with van der Waals surface area (Å²) in [5.41, 5.74) is 1.11. The molecule has 3 aromatic rings. The molecule has 0 aliphatic carbocycles. The van der Waals surface area contributed by atoms with Gasteiger partial charge in [0.2, 0.25) is 0 Å². The molecule has 1 aromatic carbocycles. The fourth-order valence-corrected chi connectivity index (χ4v) is 2.98. The number of esters is 1. The minimum Gasteiger partial charge on any atom is -0.465 e. The number of hydrogen-bond acceptors (Lipinski definition) is 5. The Bertz CT molecular complexity index is 1040. The summed E-state index contributed by atoms with van der Waals surface area (Å²) in [7, 11) is 1.26. The number of benzene rings is 1. The van der Waals surface area contributed by atoms with Gasteiger partial charge in [-0.2, -0.15) is 0 Å². The first-order valence-corrected chi connectivity index (χ1v) is 7.17. The van der Waals surface area contributed by atoms with E-state index in [1.54, 1.807) is 32.0 Å². The molecule has 118 valence electrons. The van der Waals surface area contributed by atoms with Crippen molar-refractivity contribution in [1.29, 1.82) is 0 Å². The number of rotatable bonds is 1. The summed E-state index contributed by atoms with van der Waals surface area (Å²) in [6.07, 6.45) is 0. The van der Waals surface area contributed by atoms with E-state index in [1.807, 2.05) is 0 Å². The standard InChI is InChI=1S/C16H13ClN2O4/c1-7-12(16(21)23-3)8(2)18-14-10-6-9(17)4-5-11(10)19(22)15(20)13(7)14/h4-6,22H,1-3H3. The van der Waals surface area contributed by atoms with Crippen LogP contribution in [0.2, 0.25) is 5.02 Å². The number of pyridine rings is 2. The molecule has 0 spiro atoms. The number of carbonyl (C=O) groups excluding carboxylic acids is 1. The molecule has 0 radical (unpaired) electrons. The Morgan fingerprint density at radius 1 is 1.35 bits per heavy atom. The summed E-state index contributed by atoms with van der Waals surface area (Å²) in [5.74, 6) is -0.579. The monoisotopic (exact) mass is 332 g/mol. The molecular formula is C16H13ClN2O4. The summed E-state index contributed by atoms with van der Waals surface area (Å²) in [6.45, 7) is 3.29. The van der Waals surface area contributed by atoms with Crippen molar-refractivity contribution < 1.29 is 14.7 Å². The fraction of sp³-hybridized carbons (Fsp3) is 0.188. The van der Waals surface area contributed by atoms with E-state index in [4.69, 9.17) is 16.3 Å². The van der Waals surface area contributed by atoms with Crippen LogP contribution >= 0.6 is 11.6 Å². The second kappa shape index (κ2) is 5.24. The van der Waals surface area contributed by atoms with Gasteiger partial charge in [0, 0.05) is 10.4 Å². The number of fused-ring (bicyclic) bond motifs is 3. The fourth-order valence-electron chi connectivity index (χ4n) is 2.81. The second-order valence-corrected chi connectivity index (χ2v) is 5.63. The van der Waals surface area contributed by atoms with Gasteiger partial charge in [-0.25, -0.2) is 4.79 Å². The number of halogens is 1. The highest BCUT2D eigenvalue weighted by molar-refractivity contribution is 6.31. The first-order chi connectivity index (χ1) is 10.9. The van der Waals surface area contributed by atoms with Gasteiger partial charge in [0.15, 0.2) is 0 Å². The Kier molecular flexibility index (Phi) is 3.49. The Morgan fingerprint density at radius 2 is 2.04 bits per heavy atom. The average Bonchev–Trinajstić information content (AvgIpc) is 2.51. The van der Waals surface area contributed by atoms with Gasteiger partial charge >= 0.3 is 5.97 Å². The van der Waals surface area contributed by atoms with Gasteiger partial charge in [-0.1, -0.05) is 11.6 Å². The van der Waals surface area contributed by atoms with Crippen LogP contribution in [0.1, 0.15) is 21.6 Å². The lowest BCUT2D eigenvalue weighted by Crippen LogP contribution is -2.21. The van der Waals surface area contributed by atoms with Crippen LogP contribution in [0.25, 0.3) is 21.8 Å². The molecule has 0 saturated carbocycles. The summed E-state index contributed by atoms with van der Waals surface area (Å²) in [4.78, 5) is 28.9. The molecule has 6 nitrogen and oxygen atoms in total. The number of ether oxygens (including phenoxy) is 1. The van der Waals surface area contributed by atoms with E-state index < -0.39 is 11.5 Å². The van der Waals surface area contributed by atoms with Crippen LogP contribution in [0.5, 0.6) is 0 Å². The molecule has 1 N–H and O–H groups in total. The topological polar surface area (TPSA) is 81.4 Å². The summed E-state index contributed by atoms with van der Waals surface area (Å²) < 4.78 is 5.29. The molecule has 0 atom stereocenters. The predicted molar refractivity (Wildman–Crippen MR) is 86.5 cm³/mol. The van der Waals surface area contributed by atoms with Crippen molar-refractivity contribution in [3.8, 4) is 0 Å². The average molecular weight is 333 g/mol. The predicted octanol–water partition coefficient (Wildman–Crippen LogP) is 2.84. The molecule has 0 bridgehead atoms. The van der Waals surface area contributed by atoms with Gasteiger partial charge < -0.3 is 9.94 Å². The van der Waals surface area contributed by atoms with Crippen LogP contribution in [-0.2, 0) is 4.74 Å². The van der Waals surface area contributed by atoms with Gasteiger partial charge in [-0.15, -0.1) is 4.73 Å². The number of aromatic nitrogens is 2. The number of carbonyl (C=O) groups is 1. The summed E-state index contributed by atoms with van der Waals surface area (Å²) >= 11 is 6.02. The van der Waals surface area contributed by atoms with Crippen molar-refractivity contribution in [2.24, 2.45) is 0 Å². The maximum atomic E-state index is 12.5. The third-order valence-electron chi connectivity index (χ3n) is 3.87. The highest BCUT2D eigenvalue weighted by Crippen LogP contribution is 2.28. The van der Waals surface area contributed by atoms with Gasteiger partial charge in [0.25, 0.3) is 5.56 Å². The van der Waals surface area contributed by atoms with E-state index in [9.17, 15) is 14.8 Å². The normalized spacial score (nSPS) is 11.1. The van der Waals surface area contributed by atoms with E-state index in [2.05, 4.69) is 4.98 Å². The molecule has 2 heterocycles. The summed E-state index contributed by atoms with van der Waals surface area (Å²) in [5, 5.41) is 11.3. The quantitative estimate of drug-likeness (QED) is 0.421. The minimum absolute atomic E-state index is 0.160. The first kappa shape index (κ1) is 15.3. The van der Waals surface area contributed by atoms with E-state index in [0.29, 0.717) is 37.4 Å². The molecule has 23 heavy (non-hydrogen) atoms. The zero-order valence-corrected chi connectivity index (χ0v) is 13.4. The van der Waals surface area contributed by atoms with E-state index in [0.717, 1.165) is 0 Å². The Labute approximate surface area is 135 Å². The third kappa shape index (κ3) is 2.14. The van der Waals surface area contributed by atoms with Crippen LogP contribution in [0, 0.1) is 13.8 Å². The van der Waals surface area contributed by atoms with Crippen LogP contribution in [-0.4, -0.2) is 28.0 Å². The molecule has 0 fully saturated rings. The zero-order valence-electron chi connectivity index (χ0n) is 12.7. The van der Waals surface area contributed by atoms with Crippen LogP contribution in [0.3, 0.4) is 0 Å². The molecule has 0 amide bonds. The van der Waals surface area contributed by atoms with E-state index in [-0.39, 0.29) is 10.9 Å². The SMILES string of the molecule is COC(=O)c1c(C)nc2c(c1C)c(=O)n(O)c1ccc(Cl)cc21. The molecule has 7 heteroatoms. The maximum Gasteiger partial charge on any atom is 0.340 e. The second-order valence-electron chi connectivity index (χ2n) is 5.19. The van der Waals surface area contributed by atoms with Gasteiger partial charge in [-0.05, 0) is 37.6 Å². The van der Waals surface area contributed by atoms with Crippen molar-refractivity contribution in [3.63, 3.8) is 0 Å². The van der Waals surface area contributed by atoms with Gasteiger partial charge in [-0.3, -0.25) is 9.78 Å². The number of hydrogen-bond donors (Lipinski definition) is 1. The lowest BCUT2D eigenvalue weighted by molar-refractivity contribution is 0.0598. The maximum absolute atomic E-state index is 12.5. The largest absolute Gasteiger partial charge is 0.465 e. The minimum atomic E-state index is -0.648. The summed E-state index contributed by atoms with van der Waals surface area (Å²) in [6, 6.07) is 4.73. The van der Waals surface area contributed by atoms with E-state index >= 15 is 0 Å². The van der Waals surface area contributed by atoms with Crippen molar-refractivity contribution >= 4 is 39.4 Å². The first-order valence-electron chi connectivity index (χ1n) is 6.79. The van der Waals surface area contributed by atoms with Gasteiger partial charge in [0.1, 0.15) is 0 Å². The smallest absolute Gasteiger partial charge is 0.340 e. The van der Waals surface area contributed by atoms with E-state index in [1.165, 1.54) is 7.11 Å². The van der Waals surface area contributed by atoms with Crippen molar-refractivity contribution in [2.75, 3.05) is 7.11 Å². The highest BCUT2D eigenvalue weighted by Gasteiger charge is 2.21. The van der Waals surface area contributed by atoms with Crippen molar-refractivity contribution in [2.45, 2.75) is 13.8 Å². The Hall–Kier alpha value is -2.60. The Balaban J connectivity index is 2.63. The lowest BCUT2D eigenvalue weighted by Gasteiger charge is -2.13. The number of methoxy groups -OCH3 is 1.